The van der Waals surface area contributed by atoms with Crippen molar-refractivity contribution in [2.45, 2.75) is 12.8 Å². The lowest BCUT2D eigenvalue weighted by molar-refractivity contribution is 0.0977. The van der Waals surface area contributed by atoms with Crippen molar-refractivity contribution in [3.05, 3.63) is 140 Å². The first-order chi connectivity index (χ1) is 16.5. The van der Waals surface area contributed by atoms with E-state index in [-0.39, 0.29) is 23.1 Å². The van der Waals surface area contributed by atoms with Gasteiger partial charge in [0.15, 0.2) is 23.1 Å². The van der Waals surface area contributed by atoms with Crippen LogP contribution in [0.1, 0.15) is 85.9 Å². The van der Waals surface area contributed by atoms with Crippen LogP contribution in [0.3, 0.4) is 0 Å². The van der Waals surface area contributed by atoms with Gasteiger partial charge in [0.25, 0.3) is 0 Å². The van der Waals surface area contributed by atoms with Crippen molar-refractivity contribution in [2.24, 2.45) is 0 Å². The molecule has 0 aliphatic heterocycles. The summed E-state index contributed by atoms with van der Waals surface area (Å²) in [6.45, 7) is 0. The highest BCUT2D eigenvalue weighted by Crippen LogP contribution is 2.40. The van der Waals surface area contributed by atoms with Crippen LogP contribution in [0.25, 0.3) is 0 Å². The van der Waals surface area contributed by atoms with Gasteiger partial charge in [-0.1, -0.05) is 60.7 Å². The lowest BCUT2D eigenvalue weighted by Crippen LogP contribution is -2.27. The molecule has 0 heterocycles. The number of carbonyl (C=O) groups excluding carboxylic acids is 4. The topological polar surface area (TPSA) is 68.3 Å². The van der Waals surface area contributed by atoms with Gasteiger partial charge < -0.3 is 0 Å². The summed E-state index contributed by atoms with van der Waals surface area (Å²) in [6.07, 6.45) is 0.872. The fourth-order valence-corrected chi connectivity index (χ4v) is 5.71. The zero-order chi connectivity index (χ0) is 23.1. The third-order valence-electron chi connectivity index (χ3n) is 7.33. The summed E-state index contributed by atoms with van der Waals surface area (Å²) in [5.74, 6) is -0.546. The summed E-state index contributed by atoms with van der Waals surface area (Å²) in [7, 11) is 0. The monoisotopic (exact) mass is 440 g/mol. The second-order valence-electron chi connectivity index (χ2n) is 9.01. The molecule has 0 amide bonds. The van der Waals surface area contributed by atoms with E-state index in [4.69, 9.17) is 0 Å². The molecule has 0 fully saturated rings. The van der Waals surface area contributed by atoms with Crippen LogP contribution in [-0.2, 0) is 12.8 Å². The lowest BCUT2D eigenvalue weighted by Gasteiger charge is -2.29. The molecule has 34 heavy (non-hydrogen) atoms. The highest BCUT2D eigenvalue weighted by molar-refractivity contribution is 6.30. The number of hydrogen-bond donors (Lipinski definition) is 0. The molecule has 0 spiro atoms. The van der Waals surface area contributed by atoms with Crippen molar-refractivity contribution in [1.29, 1.82) is 0 Å². The Hall–Kier alpha value is -4.44. The van der Waals surface area contributed by atoms with Crippen LogP contribution in [-0.4, -0.2) is 23.1 Å². The molecule has 0 atom stereocenters. The first-order valence-corrected chi connectivity index (χ1v) is 11.2. The number of benzene rings is 4. The van der Waals surface area contributed by atoms with E-state index >= 15 is 0 Å². The Labute approximate surface area is 194 Å². The zero-order valence-corrected chi connectivity index (χ0v) is 18.0. The second kappa shape index (κ2) is 6.55. The predicted octanol–water partition coefficient (Wildman–Crippen LogP) is 4.73. The van der Waals surface area contributed by atoms with Gasteiger partial charge in [-0.25, -0.2) is 0 Å². The maximum atomic E-state index is 13.5. The number of hydrogen-bond acceptors (Lipinski definition) is 4. The normalized spacial score (nSPS) is 15.1. The molecule has 0 radical (unpaired) electrons. The highest BCUT2D eigenvalue weighted by Gasteiger charge is 2.37. The van der Waals surface area contributed by atoms with Crippen LogP contribution in [0.4, 0.5) is 0 Å². The van der Waals surface area contributed by atoms with Crippen molar-refractivity contribution in [2.75, 3.05) is 0 Å². The molecular weight excluding hydrogens is 424 g/mol. The molecule has 0 saturated carbocycles. The minimum absolute atomic E-state index is 0.136. The minimum atomic E-state index is -0.137. The molecule has 4 nitrogen and oxygen atoms in total. The fraction of sp³-hybridized carbons (Fsp3) is 0.0667. The van der Waals surface area contributed by atoms with E-state index in [1.54, 1.807) is 60.7 Å². The summed E-state index contributed by atoms with van der Waals surface area (Å²) in [5.41, 5.74) is 7.06. The van der Waals surface area contributed by atoms with Crippen molar-refractivity contribution in [1.82, 2.24) is 0 Å². The molecule has 3 aliphatic rings. The maximum Gasteiger partial charge on any atom is 0.194 e. The molecule has 4 aromatic rings. The smallest absolute Gasteiger partial charge is 0.194 e. The van der Waals surface area contributed by atoms with Crippen LogP contribution in [0.15, 0.2) is 72.8 Å². The standard InChI is InChI=1S/C30H16O4/c31-27-17-5-1-3-7-19(17)29(33)25-21(27)11-9-15-14-24-16(13-23(15)25)10-12-22-26(24)30(34)20-8-4-2-6-18(20)28(22)32/h1-12H,13-14H2. The minimum Gasteiger partial charge on any atom is -0.289 e. The molecule has 0 N–H and O–H groups in total. The van der Waals surface area contributed by atoms with Gasteiger partial charge in [0, 0.05) is 44.5 Å². The van der Waals surface area contributed by atoms with Gasteiger partial charge in [0.2, 0.25) is 0 Å². The van der Waals surface area contributed by atoms with Gasteiger partial charge in [-0.3, -0.25) is 19.2 Å². The third kappa shape index (κ3) is 2.32. The number of carbonyl (C=O) groups is 4. The Bertz CT molecular complexity index is 1550. The largest absolute Gasteiger partial charge is 0.289 e. The number of fused-ring (bicyclic) bond motifs is 8. The molecule has 4 aromatic carbocycles. The Balaban J connectivity index is 1.40. The van der Waals surface area contributed by atoms with Gasteiger partial charge in [0.05, 0.1) is 0 Å². The molecule has 160 valence electrons. The average Bonchev–Trinajstić information content (AvgIpc) is 2.88. The first kappa shape index (κ1) is 19.1. The summed E-state index contributed by atoms with van der Waals surface area (Å²) >= 11 is 0. The van der Waals surface area contributed by atoms with Crippen molar-refractivity contribution < 1.29 is 19.2 Å². The van der Waals surface area contributed by atoms with E-state index in [9.17, 15) is 19.2 Å². The summed E-state index contributed by atoms with van der Waals surface area (Å²) < 4.78 is 0. The van der Waals surface area contributed by atoms with Crippen LogP contribution in [0, 0.1) is 0 Å². The van der Waals surface area contributed by atoms with Gasteiger partial charge in [0.1, 0.15) is 0 Å². The van der Waals surface area contributed by atoms with E-state index in [2.05, 4.69) is 0 Å². The third-order valence-corrected chi connectivity index (χ3v) is 7.33. The summed E-state index contributed by atoms with van der Waals surface area (Å²) in [5, 5.41) is 0. The molecule has 0 bridgehead atoms. The Morgan fingerprint density at radius 2 is 0.735 bits per heavy atom. The van der Waals surface area contributed by atoms with Crippen LogP contribution in [0.5, 0.6) is 0 Å². The molecule has 3 aliphatic carbocycles. The fourth-order valence-electron chi connectivity index (χ4n) is 5.71. The van der Waals surface area contributed by atoms with E-state index < -0.39 is 0 Å². The van der Waals surface area contributed by atoms with Crippen molar-refractivity contribution in [3.63, 3.8) is 0 Å². The van der Waals surface area contributed by atoms with Crippen molar-refractivity contribution in [3.8, 4) is 0 Å². The number of ketones is 4. The first-order valence-electron chi connectivity index (χ1n) is 11.2. The van der Waals surface area contributed by atoms with E-state index in [1.165, 1.54) is 0 Å². The molecule has 4 heteroatoms. The van der Waals surface area contributed by atoms with Gasteiger partial charge in [-0.2, -0.15) is 0 Å². The summed E-state index contributed by atoms with van der Waals surface area (Å²) in [4.78, 5) is 53.2. The zero-order valence-electron chi connectivity index (χ0n) is 18.0. The lowest BCUT2D eigenvalue weighted by atomic mass is 9.72. The summed E-state index contributed by atoms with van der Waals surface area (Å²) in [6, 6.07) is 21.1. The highest BCUT2D eigenvalue weighted by atomic mass is 16.1. The molecule has 0 aromatic heterocycles. The van der Waals surface area contributed by atoms with E-state index in [0.717, 1.165) is 22.3 Å². The second-order valence-corrected chi connectivity index (χ2v) is 9.01. The van der Waals surface area contributed by atoms with Gasteiger partial charge >= 0.3 is 0 Å². The Kier molecular flexibility index (Phi) is 3.67. The van der Waals surface area contributed by atoms with Gasteiger partial charge in [-0.05, 0) is 47.2 Å². The number of rotatable bonds is 0. The van der Waals surface area contributed by atoms with Crippen LogP contribution < -0.4 is 0 Å². The van der Waals surface area contributed by atoms with Gasteiger partial charge in [-0.15, -0.1) is 0 Å². The Morgan fingerprint density at radius 3 is 1.12 bits per heavy atom. The maximum absolute atomic E-state index is 13.5. The van der Waals surface area contributed by atoms with Crippen LogP contribution in [0.2, 0.25) is 0 Å². The quantitative estimate of drug-likeness (QED) is 0.342. The SMILES string of the molecule is O=C1c2ccccc2C(=O)c2c1ccc1c2Cc2ccc3c(c2C1)C(=O)c1ccccc1C3=O. The molecule has 0 saturated heterocycles. The van der Waals surface area contributed by atoms with E-state index in [0.29, 0.717) is 57.3 Å². The molecular formula is C30H16O4. The van der Waals surface area contributed by atoms with Crippen LogP contribution >= 0.6 is 0 Å². The Morgan fingerprint density at radius 1 is 0.382 bits per heavy atom. The van der Waals surface area contributed by atoms with Crippen molar-refractivity contribution >= 4 is 23.1 Å². The molecule has 0 unspecified atom stereocenters. The predicted molar refractivity (Wildman–Crippen MR) is 125 cm³/mol. The molecule has 7 rings (SSSR count). The van der Waals surface area contributed by atoms with E-state index in [1.807, 2.05) is 12.1 Å². The average molecular weight is 440 g/mol.